The Kier molecular flexibility index (Phi) is 12.2. The minimum atomic E-state index is -4.80. The normalized spacial score (nSPS) is 21.8. The molecule has 12 nitrogen and oxygen atoms in total. The second-order valence-corrected chi connectivity index (χ2v) is 15.3. The molecule has 4 aliphatic heterocycles. The van der Waals surface area contributed by atoms with Crippen LogP contribution in [0.1, 0.15) is 68.6 Å². The van der Waals surface area contributed by atoms with Gasteiger partial charge in [-0.25, -0.2) is 9.59 Å². The van der Waals surface area contributed by atoms with E-state index in [0.717, 1.165) is 30.2 Å². The van der Waals surface area contributed by atoms with Gasteiger partial charge in [-0.2, -0.15) is 13.2 Å². The number of hydrogen-bond acceptors (Lipinski definition) is 7. The van der Waals surface area contributed by atoms with Crippen molar-refractivity contribution in [2.24, 2.45) is 5.92 Å². The van der Waals surface area contributed by atoms with E-state index in [1.165, 1.54) is 11.0 Å². The highest BCUT2D eigenvalue weighted by molar-refractivity contribution is 6.33. The van der Waals surface area contributed by atoms with E-state index >= 15 is 0 Å². The van der Waals surface area contributed by atoms with Crippen LogP contribution in [0, 0.1) is 5.92 Å². The number of rotatable bonds is 8. The number of carboxylic acids is 1. The van der Waals surface area contributed by atoms with E-state index in [9.17, 15) is 37.5 Å². The molecule has 4 heterocycles. The van der Waals surface area contributed by atoms with Gasteiger partial charge in [0.05, 0.1) is 16.3 Å². The molecule has 0 bridgehead atoms. The minimum absolute atomic E-state index is 0.0198. The molecule has 3 saturated heterocycles. The van der Waals surface area contributed by atoms with Crippen LogP contribution in [-0.4, -0.2) is 112 Å². The molecule has 0 aromatic heterocycles. The van der Waals surface area contributed by atoms with Crippen molar-refractivity contribution in [1.29, 1.82) is 0 Å². The van der Waals surface area contributed by atoms with Crippen LogP contribution in [0.25, 0.3) is 0 Å². The first-order valence-corrected chi connectivity index (χ1v) is 19.1. The van der Waals surface area contributed by atoms with Crippen molar-refractivity contribution in [2.75, 3.05) is 50.3 Å². The smallest absolute Gasteiger partial charge is 0.418 e. The highest BCUT2D eigenvalue weighted by Gasteiger charge is 2.40. The number of halogens is 4. The van der Waals surface area contributed by atoms with Gasteiger partial charge < -0.3 is 35.6 Å². The summed E-state index contributed by atoms with van der Waals surface area (Å²) in [4.78, 5) is 59.7. The van der Waals surface area contributed by atoms with Gasteiger partial charge in [-0.1, -0.05) is 36.2 Å². The van der Waals surface area contributed by atoms with Crippen LogP contribution in [0.2, 0.25) is 5.02 Å². The average molecular weight is 777 g/mol. The van der Waals surface area contributed by atoms with Gasteiger partial charge in [0.25, 0.3) is 5.91 Å². The highest BCUT2D eigenvalue weighted by atomic mass is 35.5. The number of fused-ring (bicyclic) bond motifs is 1. The Balaban J connectivity index is 1.13. The first-order chi connectivity index (χ1) is 25.7. The number of carboxylic acid groups (broad SMARTS) is 1. The lowest BCUT2D eigenvalue weighted by Gasteiger charge is -2.44. The van der Waals surface area contributed by atoms with E-state index in [4.69, 9.17) is 22.1 Å². The van der Waals surface area contributed by atoms with Gasteiger partial charge >= 0.3 is 24.3 Å². The number of piperidine rings is 3. The van der Waals surface area contributed by atoms with Crippen molar-refractivity contribution in [3.05, 3.63) is 58.1 Å². The Hall–Kier alpha value is -4.24. The number of carbonyl (C=O) groups excluding carboxylic acids is 3. The number of benzene rings is 2. The summed E-state index contributed by atoms with van der Waals surface area (Å²) in [5, 5.41) is 12.5. The van der Waals surface area contributed by atoms with Crippen LogP contribution in [-0.2, 0) is 33.3 Å². The Bertz CT molecular complexity index is 1710. The topological polar surface area (TPSA) is 149 Å². The third-order valence-corrected chi connectivity index (χ3v) is 11.9. The van der Waals surface area contributed by atoms with Crippen LogP contribution < -0.4 is 11.1 Å². The Morgan fingerprint density at radius 1 is 0.981 bits per heavy atom. The molecule has 0 spiro atoms. The molecule has 6 rings (SSSR count). The predicted molar refractivity (Wildman–Crippen MR) is 196 cm³/mol. The number of ether oxygens (including phenoxy) is 1. The number of nitrogens with zero attached hydrogens (tertiary/aromatic N) is 4. The number of anilines is 2. The second kappa shape index (κ2) is 16.6. The molecule has 4 aliphatic rings. The van der Waals surface area contributed by atoms with Crippen molar-refractivity contribution in [1.82, 2.24) is 19.6 Å². The third-order valence-electron chi connectivity index (χ3n) is 11.6. The number of hydrogen-bond donors (Lipinski definition) is 3. The number of amides is 4. The number of alkyl halides is 3. The molecule has 4 amide bonds. The van der Waals surface area contributed by atoms with Gasteiger partial charge in [-0.15, -0.1) is 0 Å². The van der Waals surface area contributed by atoms with Crippen LogP contribution in [0.3, 0.4) is 0 Å². The predicted octanol–water partition coefficient (Wildman–Crippen LogP) is 6.11. The standard InChI is InChI=1S/C38H48ClF3N6O6/c1-23(47-14-5-4-8-31(47)35(50)51)25-9-15-45(16-10-25)34(49)32(22-24-20-28(38(40,41)42)33(43)29(39)21-24)54-37(53)46-17-12-27(13-18-46)48-19-11-26-6-2-3-7-30(26)44-36(48)52/h2-3,6-7,20-21,23,25,27,31-32H,4-5,8-19,22,43H2,1H3,(H,44,52)(H,50,51)/t23?,31-,32-/m1/s1. The molecular weight excluding hydrogens is 729 g/mol. The summed E-state index contributed by atoms with van der Waals surface area (Å²) >= 11 is 6.12. The number of para-hydroxylation sites is 1. The average Bonchev–Trinajstić information content (AvgIpc) is 3.32. The second-order valence-electron chi connectivity index (χ2n) is 14.9. The lowest BCUT2D eigenvalue weighted by atomic mass is 9.86. The zero-order valence-corrected chi connectivity index (χ0v) is 31.1. The molecule has 16 heteroatoms. The number of nitrogens with two attached hydrogens (primary N) is 1. The largest absolute Gasteiger partial charge is 0.480 e. The molecule has 294 valence electrons. The van der Waals surface area contributed by atoms with Crippen LogP contribution >= 0.6 is 11.6 Å². The number of aliphatic carboxylic acids is 1. The summed E-state index contributed by atoms with van der Waals surface area (Å²) in [7, 11) is 0. The number of urea groups is 1. The molecule has 4 N–H and O–H groups in total. The van der Waals surface area contributed by atoms with E-state index in [1.54, 1.807) is 9.80 Å². The summed E-state index contributed by atoms with van der Waals surface area (Å²) in [6.07, 6.45) is -2.19. The molecule has 0 saturated carbocycles. The van der Waals surface area contributed by atoms with Crippen molar-refractivity contribution in [3.8, 4) is 0 Å². The fourth-order valence-corrected chi connectivity index (χ4v) is 8.74. The maximum Gasteiger partial charge on any atom is 0.418 e. The zero-order valence-electron chi connectivity index (χ0n) is 30.3. The van der Waals surface area contributed by atoms with Gasteiger partial charge in [-0.05, 0) is 93.7 Å². The lowest BCUT2D eigenvalue weighted by molar-refractivity contribution is -0.147. The van der Waals surface area contributed by atoms with E-state index in [0.29, 0.717) is 64.7 Å². The Morgan fingerprint density at radius 3 is 2.35 bits per heavy atom. The van der Waals surface area contributed by atoms with Gasteiger partial charge in [0, 0.05) is 56.9 Å². The molecule has 2 aromatic carbocycles. The fourth-order valence-electron chi connectivity index (χ4n) is 8.50. The van der Waals surface area contributed by atoms with Crippen molar-refractivity contribution in [2.45, 2.75) is 95.1 Å². The molecule has 54 heavy (non-hydrogen) atoms. The molecule has 0 radical (unpaired) electrons. The quantitative estimate of drug-likeness (QED) is 0.272. The zero-order chi connectivity index (χ0) is 38.7. The van der Waals surface area contributed by atoms with E-state index < -0.39 is 47.5 Å². The molecule has 2 aromatic rings. The number of likely N-dealkylation sites (tertiary alicyclic amines) is 3. The molecule has 0 aliphatic carbocycles. The van der Waals surface area contributed by atoms with Crippen molar-refractivity contribution < 1.29 is 42.2 Å². The Labute approximate surface area is 317 Å². The minimum Gasteiger partial charge on any atom is -0.480 e. The van der Waals surface area contributed by atoms with E-state index in [-0.39, 0.29) is 54.1 Å². The first-order valence-electron chi connectivity index (χ1n) is 18.7. The fraction of sp³-hybridized carbons (Fsp3) is 0.579. The van der Waals surface area contributed by atoms with E-state index in [2.05, 4.69) is 5.32 Å². The van der Waals surface area contributed by atoms with E-state index in [1.807, 2.05) is 36.1 Å². The number of carbonyl (C=O) groups is 4. The maximum atomic E-state index is 14.1. The molecule has 3 atom stereocenters. The van der Waals surface area contributed by atoms with Crippen LogP contribution in [0.4, 0.5) is 34.1 Å². The summed E-state index contributed by atoms with van der Waals surface area (Å²) < 4.78 is 47.4. The SMILES string of the molecule is CC(C1CCN(C(=O)[C@@H](Cc2cc(Cl)c(N)c(C(F)(F)F)c2)OC(=O)N2CCC(N3CCc4ccccc4NC3=O)CC2)CC1)N1CCCC[C@@H]1C(=O)O. The third kappa shape index (κ3) is 8.83. The number of nitrogens with one attached hydrogen (secondary N) is 1. The highest BCUT2D eigenvalue weighted by Crippen LogP contribution is 2.38. The van der Waals surface area contributed by atoms with Gasteiger partial charge in [0.2, 0.25) is 0 Å². The van der Waals surface area contributed by atoms with Crippen LogP contribution in [0.15, 0.2) is 36.4 Å². The summed E-state index contributed by atoms with van der Waals surface area (Å²) in [6.45, 7) is 4.38. The van der Waals surface area contributed by atoms with Gasteiger partial charge in [0.15, 0.2) is 6.10 Å². The van der Waals surface area contributed by atoms with Crippen LogP contribution in [0.5, 0.6) is 0 Å². The molecule has 1 unspecified atom stereocenters. The van der Waals surface area contributed by atoms with Gasteiger partial charge in [-0.3, -0.25) is 14.5 Å². The first kappa shape index (κ1) is 39.5. The summed E-state index contributed by atoms with van der Waals surface area (Å²) in [5.74, 6) is -1.24. The molecular formula is C38H48ClF3N6O6. The lowest BCUT2D eigenvalue weighted by Crippen LogP contribution is -2.54. The number of nitrogen functional groups attached to an aromatic ring is 1. The van der Waals surface area contributed by atoms with Gasteiger partial charge in [0.1, 0.15) is 6.04 Å². The Morgan fingerprint density at radius 2 is 1.67 bits per heavy atom. The monoisotopic (exact) mass is 776 g/mol. The molecule has 3 fully saturated rings. The summed E-state index contributed by atoms with van der Waals surface area (Å²) in [6, 6.07) is 8.82. The van der Waals surface area contributed by atoms with Crippen molar-refractivity contribution in [3.63, 3.8) is 0 Å². The van der Waals surface area contributed by atoms with Crippen molar-refractivity contribution >= 4 is 47.0 Å². The summed E-state index contributed by atoms with van der Waals surface area (Å²) in [5.41, 5.74) is 5.74. The maximum absolute atomic E-state index is 14.1.